The summed E-state index contributed by atoms with van der Waals surface area (Å²) in [6.07, 6.45) is 4.12. The van der Waals surface area contributed by atoms with Crippen molar-refractivity contribution in [1.82, 2.24) is 4.98 Å². The van der Waals surface area contributed by atoms with Crippen molar-refractivity contribution < 1.29 is 0 Å². The van der Waals surface area contributed by atoms with Crippen LogP contribution in [0.25, 0.3) is 0 Å². The standard InChI is InChI=1S/C10H13NO/c1-2-8-6-7-4-3-5-9(7)10(12)11-8/h6H,2-5H2,1H3,(H,11,12). The number of rotatable bonds is 1. The molecule has 0 unspecified atom stereocenters. The van der Waals surface area contributed by atoms with Crippen molar-refractivity contribution in [2.75, 3.05) is 0 Å². The van der Waals surface area contributed by atoms with Crippen LogP contribution in [0.4, 0.5) is 0 Å². The zero-order valence-electron chi connectivity index (χ0n) is 7.31. The van der Waals surface area contributed by atoms with E-state index in [2.05, 4.69) is 18.0 Å². The molecule has 0 aliphatic heterocycles. The van der Waals surface area contributed by atoms with Gasteiger partial charge >= 0.3 is 0 Å². The zero-order chi connectivity index (χ0) is 8.55. The predicted molar refractivity (Wildman–Crippen MR) is 48.5 cm³/mol. The van der Waals surface area contributed by atoms with Crippen LogP contribution < -0.4 is 5.56 Å². The minimum Gasteiger partial charge on any atom is -0.326 e. The number of aryl methyl sites for hydroxylation is 2. The topological polar surface area (TPSA) is 32.9 Å². The maximum absolute atomic E-state index is 11.4. The molecule has 2 heteroatoms. The van der Waals surface area contributed by atoms with E-state index < -0.39 is 0 Å². The van der Waals surface area contributed by atoms with Gasteiger partial charge in [0.2, 0.25) is 0 Å². The predicted octanol–water partition coefficient (Wildman–Crippen LogP) is 1.43. The molecule has 1 aliphatic rings. The van der Waals surface area contributed by atoms with E-state index in [1.54, 1.807) is 0 Å². The Morgan fingerprint density at radius 2 is 2.33 bits per heavy atom. The zero-order valence-corrected chi connectivity index (χ0v) is 7.31. The fourth-order valence-corrected chi connectivity index (χ4v) is 1.84. The number of hydrogen-bond acceptors (Lipinski definition) is 1. The Morgan fingerprint density at radius 3 is 3.08 bits per heavy atom. The lowest BCUT2D eigenvalue weighted by molar-refractivity contribution is 0.907. The molecule has 0 radical (unpaired) electrons. The van der Waals surface area contributed by atoms with Crippen LogP contribution in [0.3, 0.4) is 0 Å². The van der Waals surface area contributed by atoms with Crippen molar-refractivity contribution in [2.45, 2.75) is 32.6 Å². The molecule has 2 rings (SSSR count). The Morgan fingerprint density at radius 1 is 1.50 bits per heavy atom. The highest BCUT2D eigenvalue weighted by atomic mass is 16.1. The SMILES string of the molecule is CCc1cc2c(c(=O)[nH]1)CCC2. The minimum atomic E-state index is 0.141. The Labute approximate surface area is 71.6 Å². The van der Waals surface area contributed by atoms with Gasteiger partial charge < -0.3 is 4.98 Å². The molecule has 0 saturated heterocycles. The second-order valence-corrected chi connectivity index (χ2v) is 3.33. The third-order valence-electron chi connectivity index (χ3n) is 2.54. The summed E-state index contributed by atoms with van der Waals surface area (Å²) < 4.78 is 0. The largest absolute Gasteiger partial charge is 0.326 e. The number of aromatic nitrogens is 1. The molecule has 1 aliphatic carbocycles. The van der Waals surface area contributed by atoms with Crippen molar-refractivity contribution in [3.63, 3.8) is 0 Å². The maximum atomic E-state index is 11.4. The molecular weight excluding hydrogens is 150 g/mol. The monoisotopic (exact) mass is 163 g/mol. The van der Waals surface area contributed by atoms with Gasteiger partial charge in [0, 0.05) is 11.3 Å². The van der Waals surface area contributed by atoms with Gasteiger partial charge in [-0.25, -0.2) is 0 Å². The van der Waals surface area contributed by atoms with Gasteiger partial charge in [0.15, 0.2) is 0 Å². The summed E-state index contributed by atoms with van der Waals surface area (Å²) in [7, 11) is 0. The Balaban J connectivity index is 2.59. The van der Waals surface area contributed by atoms with E-state index in [4.69, 9.17) is 0 Å². The molecule has 1 aromatic rings. The molecule has 1 heterocycles. The van der Waals surface area contributed by atoms with Gasteiger partial charge in [-0.1, -0.05) is 6.92 Å². The van der Waals surface area contributed by atoms with Crippen LogP contribution in [-0.2, 0) is 19.3 Å². The molecule has 12 heavy (non-hydrogen) atoms. The summed E-state index contributed by atoms with van der Waals surface area (Å²) in [5, 5.41) is 0. The lowest BCUT2D eigenvalue weighted by Gasteiger charge is -2.00. The van der Waals surface area contributed by atoms with Crippen LogP contribution in [0.5, 0.6) is 0 Å². The average molecular weight is 163 g/mol. The van der Waals surface area contributed by atoms with Gasteiger partial charge in [0.25, 0.3) is 5.56 Å². The molecule has 0 spiro atoms. The Hall–Kier alpha value is -1.05. The second kappa shape index (κ2) is 2.77. The lowest BCUT2D eigenvalue weighted by Crippen LogP contribution is -2.13. The van der Waals surface area contributed by atoms with Gasteiger partial charge in [-0.2, -0.15) is 0 Å². The maximum Gasteiger partial charge on any atom is 0.251 e. The van der Waals surface area contributed by atoms with Crippen molar-refractivity contribution in [2.24, 2.45) is 0 Å². The molecular formula is C10H13NO. The molecule has 64 valence electrons. The van der Waals surface area contributed by atoms with E-state index in [9.17, 15) is 4.79 Å². The van der Waals surface area contributed by atoms with Crippen molar-refractivity contribution >= 4 is 0 Å². The van der Waals surface area contributed by atoms with Gasteiger partial charge in [-0.05, 0) is 37.3 Å². The van der Waals surface area contributed by atoms with Gasteiger partial charge in [-0.3, -0.25) is 4.79 Å². The van der Waals surface area contributed by atoms with Crippen LogP contribution in [0.2, 0.25) is 0 Å². The molecule has 0 saturated carbocycles. The van der Waals surface area contributed by atoms with Crippen molar-refractivity contribution in [3.05, 3.63) is 33.2 Å². The number of aromatic amines is 1. The Kier molecular flexibility index (Phi) is 1.75. The first-order chi connectivity index (χ1) is 5.81. The van der Waals surface area contributed by atoms with Gasteiger partial charge in [0.05, 0.1) is 0 Å². The average Bonchev–Trinajstić information content (AvgIpc) is 2.52. The summed E-state index contributed by atoms with van der Waals surface area (Å²) in [5.41, 5.74) is 3.50. The molecule has 0 amide bonds. The Bertz CT molecular complexity index is 351. The van der Waals surface area contributed by atoms with Crippen LogP contribution >= 0.6 is 0 Å². The molecule has 1 aromatic heterocycles. The van der Waals surface area contributed by atoms with Gasteiger partial charge in [0.1, 0.15) is 0 Å². The third kappa shape index (κ3) is 1.07. The summed E-state index contributed by atoms with van der Waals surface area (Å²) in [4.78, 5) is 14.3. The molecule has 0 bridgehead atoms. The summed E-state index contributed by atoms with van der Waals surface area (Å²) in [6, 6.07) is 2.14. The van der Waals surface area contributed by atoms with E-state index in [-0.39, 0.29) is 5.56 Å². The number of pyridine rings is 1. The molecule has 0 atom stereocenters. The highest BCUT2D eigenvalue weighted by Crippen LogP contribution is 2.18. The number of hydrogen-bond donors (Lipinski definition) is 1. The smallest absolute Gasteiger partial charge is 0.251 e. The highest BCUT2D eigenvalue weighted by Gasteiger charge is 2.14. The van der Waals surface area contributed by atoms with E-state index in [1.807, 2.05) is 0 Å². The number of H-pyrrole nitrogens is 1. The molecule has 0 aromatic carbocycles. The van der Waals surface area contributed by atoms with Gasteiger partial charge in [-0.15, -0.1) is 0 Å². The summed E-state index contributed by atoms with van der Waals surface area (Å²) in [5.74, 6) is 0. The second-order valence-electron chi connectivity index (χ2n) is 3.33. The van der Waals surface area contributed by atoms with E-state index in [0.29, 0.717) is 0 Å². The molecule has 2 nitrogen and oxygen atoms in total. The first kappa shape index (κ1) is 7.59. The first-order valence-electron chi connectivity index (χ1n) is 4.55. The summed E-state index contributed by atoms with van der Waals surface area (Å²) in [6.45, 7) is 2.06. The first-order valence-corrected chi connectivity index (χ1v) is 4.55. The minimum absolute atomic E-state index is 0.141. The van der Waals surface area contributed by atoms with Crippen LogP contribution in [-0.4, -0.2) is 4.98 Å². The van der Waals surface area contributed by atoms with Crippen LogP contribution in [0.1, 0.15) is 30.2 Å². The third-order valence-corrected chi connectivity index (χ3v) is 2.54. The van der Waals surface area contributed by atoms with Crippen LogP contribution in [0, 0.1) is 0 Å². The van der Waals surface area contributed by atoms with E-state index in [1.165, 1.54) is 5.56 Å². The van der Waals surface area contributed by atoms with Crippen LogP contribution in [0.15, 0.2) is 10.9 Å². The summed E-state index contributed by atoms with van der Waals surface area (Å²) >= 11 is 0. The fourth-order valence-electron chi connectivity index (χ4n) is 1.84. The van der Waals surface area contributed by atoms with Crippen molar-refractivity contribution in [3.8, 4) is 0 Å². The van der Waals surface area contributed by atoms with Crippen molar-refractivity contribution in [1.29, 1.82) is 0 Å². The normalized spacial score (nSPS) is 14.8. The highest BCUT2D eigenvalue weighted by molar-refractivity contribution is 5.30. The number of fused-ring (bicyclic) bond motifs is 1. The fraction of sp³-hybridized carbons (Fsp3) is 0.500. The molecule has 1 N–H and O–H groups in total. The van der Waals surface area contributed by atoms with E-state index in [0.717, 1.165) is 36.9 Å². The quantitative estimate of drug-likeness (QED) is 0.667. The van der Waals surface area contributed by atoms with E-state index >= 15 is 0 Å². The lowest BCUT2D eigenvalue weighted by atomic mass is 10.1. The molecule has 0 fully saturated rings. The number of nitrogens with one attached hydrogen (secondary N) is 1.